The molecule has 0 saturated carbocycles. The second-order valence-corrected chi connectivity index (χ2v) is 9.71. The van der Waals surface area contributed by atoms with E-state index in [1.54, 1.807) is 11.3 Å². The molecule has 1 N–H and O–H groups in total. The molecule has 2 amide bonds. The van der Waals surface area contributed by atoms with Gasteiger partial charge in [0.1, 0.15) is 11.4 Å². The smallest absolute Gasteiger partial charge is 0.254 e. The third-order valence-corrected chi connectivity index (χ3v) is 6.86. The van der Waals surface area contributed by atoms with Gasteiger partial charge in [0.25, 0.3) is 5.91 Å². The Balaban J connectivity index is 1.46. The van der Waals surface area contributed by atoms with Gasteiger partial charge in [0.2, 0.25) is 5.91 Å². The molecule has 0 unspecified atom stereocenters. The van der Waals surface area contributed by atoms with Gasteiger partial charge in [-0.05, 0) is 35.4 Å². The number of ether oxygens (including phenoxy) is 1. The lowest BCUT2D eigenvalue weighted by atomic mass is 9.76. The van der Waals surface area contributed by atoms with Crippen molar-refractivity contribution in [1.82, 2.24) is 10.2 Å². The predicted octanol–water partition coefficient (Wildman–Crippen LogP) is 4.45. The van der Waals surface area contributed by atoms with E-state index in [4.69, 9.17) is 4.74 Å². The number of rotatable bonds is 5. The molecule has 2 aromatic rings. The third-order valence-electron chi connectivity index (χ3n) is 6.17. The van der Waals surface area contributed by atoms with Gasteiger partial charge in [-0.3, -0.25) is 9.59 Å². The normalized spacial score (nSPS) is 20.0. The quantitative estimate of drug-likeness (QED) is 0.768. The second kappa shape index (κ2) is 8.80. The van der Waals surface area contributed by atoms with Gasteiger partial charge < -0.3 is 15.0 Å². The van der Waals surface area contributed by atoms with Crippen LogP contribution < -0.4 is 10.1 Å². The van der Waals surface area contributed by atoms with E-state index in [2.05, 4.69) is 25.2 Å². The van der Waals surface area contributed by atoms with Crippen molar-refractivity contribution < 1.29 is 14.3 Å². The molecule has 0 aliphatic carbocycles. The molecule has 30 heavy (non-hydrogen) atoms. The molecule has 160 valence electrons. The Labute approximate surface area is 182 Å². The van der Waals surface area contributed by atoms with Crippen molar-refractivity contribution >= 4 is 23.2 Å². The highest BCUT2D eigenvalue weighted by atomic mass is 32.1. The fourth-order valence-electron chi connectivity index (χ4n) is 4.53. The van der Waals surface area contributed by atoms with Crippen LogP contribution in [0.5, 0.6) is 5.75 Å². The van der Waals surface area contributed by atoms with E-state index in [0.29, 0.717) is 32.0 Å². The Morgan fingerprint density at radius 1 is 1.23 bits per heavy atom. The molecule has 6 heteroatoms. The van der Waals surface area contributed by atoms with Crippen LogP contribution in [0.15, 0.2) is 41.1 Å². The molecule has 2 aliphatic rings. The molecule has 2 aliphatic heterocycles. The number of hydrogen-bond donors (Lipinski definition) is 1. The van der Waals surface area contributed by atoms with E-state index in [1.165, 1.54) is 0 Å². The molecule has 4 rings (SSSR count). The Morgan fingerprint density at radius 3 is 2.70 bits per heavy atom. The monoisotopic (exact) mass is 426 g/mol. The number of benzene rings is 1. The minimum atomic E-state index is -0.303. The molecule has 1 saturated heterocycles. The highest BCUT2D eigenvalue weighted by Gasteiger charge is 2.44. The Kier molecular flexibility index (Phi) is 6.14. The van der Waals surface area contributed by atoms with Crippen LogP contribution >= 0.6 is 11.3 Å². The third kappa shape index (κ3) is 4.53. The van der Waals surface area contributed by atoms with Crippen molar-refractivity contribution in [1.29, 1.82) is 0 Å². The number of thiophene rings is 1. The van der Waals surface area contributed by atoms with Crippen LogP contribution in [0.4, 0.5) is 0 Å². The van der Waals surface area contributed by atoms with Gasteiger partial charge in [-0.2, -0.15) is 11.3 Å². The number of carbonyl (C=O) groups excluding carboxylic acids is 2. The average molecular weight is 427 g/mol. The van der Waals surface area contributed by atoms with Gasteiger partial charge in [0.15, 0.2) is 0 Å². The summed E-state index contributed by atoms with van der Waals surface area (Å²) in [7, 11) is 0. The molecule has 1 aromatic carbocycles. The first-order valence-corrected chi connectivity index (χ1v) is 11.8. The number of fused-ring (bicyclic) bond motifs is 1. The summed E-state index contributed by atoms with van der Waals surface area (Å²) < 4.78 is 6.52. The van der Waals surface area contributed by atoms with E-state index in [0.717, 1.165) is 36.1 Å². The summed E-state index contributed by atoms with van der Waals surface area (Å²) in [5.41, 5.74) is 1.59. The minimum absolute atomic E-state index is 0.102. The van der Waals surface area contributed by atoms with Gasteiger partial charge in [0.05, 0.1) is 5.56 Å². The predicted molar refractivity (Wildman–Crippen MR) is 119 cm³/mol. The number of likely N-dealkylation sites (tertiary alicyclic amines) is 1. The van der Waals surface area contributed by atoms with Crippen LogP contribution in [-0.4, -0.2) is 41.9 Å². The number of amides is 2. The maximum atomic E-state index is 12.7. The van der Waals surface area contributed by atoms with Gasteiger partial charge in [-0.15, -0.1) is 0 Å². The van der Waals surface area contributed by atoms with Crippen molar-refractivity contribution in [3.8, 4) is 5.75 Å². The Bertz CT molecular complexity index is 886. The lowest BCUT2D eigenvalue weighted by Gasteiger charge is -2.47. The van der Waals surface area contributed by atoms with Crippen LogP contribution in [0.1, 0.15) is 61.4 Å². The first-order valence-electron chi connectivity index (χ1n) is 10.8. The van der Waals surface area contributed by atoms with Crippen LogP contribution in [0.3, 0.4) is 0 Å². The van der Waals surface area contributed by atoms with Crippen molar-refractivity contribution in [2.75, 3.05) is 19.6 Å². The topological polar surface area (TPSA) is 58.6 Å². The molecule has 1 spiro atoms. The molecule has 1 atom stereocenters. The molecule has 5 nitrogen and oxygen atoms in total. The fraction of sp³-hybridized carbons (Fsp3) is 0.500. The second-order valence-electron chi connectivity index (χ2n) is 8.93. The zero-order valence-corrected chi connectivity index (χ0v) is 18.5. The van der Waals surface area contributed by atoms with E-state index >= 15 is 0 Å². The average Bonchev–Trinajstić information content (AvgIpc) is 3.27. The van der Waals surface area contributed by atoms with E-state index in [1.807, 2.05) is 39.9 Å². The molecular weight excluding hydrogens is 396 g/mol. The fourth-order valence-corrected chi connectivity index (χ4v) is 5.16. The number of hydrogen-bond acceptors (Lipinski definition) is 4. The zero-order valence-electron chi connectivity index (χ0n) is 17.7. The minimum Gasteiger partial charge on any atom is -0.487 e. The summed E-state index contributed by atoms with van der Waals surface area (Å²) >= 11 is 1.55. The SMILES string of the molecule is CC(C)CNC(=O)C[C@@H]1CC2(CCN(C(=O)c3ccsc3)CC2)Oc2ccccc21. The van der Waals surface area contributed by atoms with Crippen molar-refractivity contribution in [3.05, 3.63) is 52.2 Å². The maximum absolute atomic E-state index is 12.7. The van der Waals surface area contributed by atoms with Crippen LogP contribution in [-0.2, 0) is 4.79 Å². The van der Waals surface area contributed by atoms with E-state index in [-0.39, 0.29) is 23.3 Å². The number of para-hydroxylation sites is 1. The number of nitrogens with zero attached hydrogens (tertiary/aromatic N) is 1. The maximum Gasteiger partial charge on any atom is 0.254 e. The first kappa shape index (κ1) is 20.9. The van der Waals surface area contributed by atoms with E-state index < -0.39 is 0 Å². The number of carbonyl (C=O) groups is 2. The summed E-state index contributed by atoms with van der Waals surface area (Å²) in [6, 6.07) is 9.98. The molecule has 3 heterocycles. The molecular formula is C24H30N2O3S. The Hall–Kier alpha value is -2.34. The van der Waals surface area contributed by atoms with Crippen LogP contribution in [0.25, 0.3) is 0 Å². The lowest BCUT2D eigenvalue weighted by molar-refractivity contribution is -0.122. The van der Waals surface area contributed by atoms with Crippen molar-refractivity contribution in [3.63, 3.8) is 0 Å². The lowest BCUT2D eigenvalue weighted by Crippen LogP contribution is -2.52. The van der Waals surface area contributed by atoms with Gasteiger partial charge in [0, 0.05) is 50.2 Å². The summed E-state index contributed by atoms with van der Waals surface area (Å²) in [5.74, 6) is 1.68. The zero-order chi connectivity index (χ0) is 21.1. The number of piperidine rings is 1. The molecule has 0 bridgehead atoms. The largest absolute Gasteiger partial charge is 0.487 e. The molecule has 1 fully saturated rings. The highest BCUT2D eigenvalue weighted by Crippen LogP contribution is 2.46. The summed E-state index contributed by atoms with van der Waals surface area (Å²) in [5, 5.41) is 6.91. The summed E-state index contributed by atoms with van der Waals surface area (Å²) in [6.45, 7) is 6.27. The molecule has 1 aromatic heterocycles. The van der Waals surface area contributed by atoms with E-state index in [9.17, 15) is 9.59 Å². The van der Waals surface area contributed by atoms with Crippen LogP contribution in [0.2, 0.25) is 0 Å². The highest BCUT2D eigenvalue weighted by molar-refractivity contribution is 7.08. The van der Waals surface area contributed by atoms with Gasteiger partial charge >= 0.3 is 0 Å². The van der Waals surface area contributed by atoms with Crippen LogP contribution in [0, 0.1) is 5.92 Å². The van der Waals surface area contributed by atoms with Gasteiger partial charge in [-0.1, -0.05) is 32.0 Å². The standard InChI is InChI=1S/C24H30N2O3S/c1-17(2)15-25-22(27)13-19-14-24(29-21-6-4-3-5-20(19)21)8-10-26(11-9-24)23(28)18-7-12-30-16-18/h3-7,12,16-17,19H,8-11,13-15H2,1-2H3,(H,25,27)/t19-/m1/s1. The number of nitrogens with one attached hydrogen (secondary N) is 1. The van der Waals surface area contributed by atoms with Crippen molar-refractivity contribution in [2.24, 2.45) is 5.92 Å². The van der Waals surface area contributed by atoms with Crippen molar-refractivity contribution in [2.45, 2.75) is 51.0 Å². The Morgan fingerprint density at radius 2 is 2.00 bits per heavy atom. The summed E-state index contributed by atoms with van der Waals surface area (Å²) in [4.78, 5) is 27.2. The van der Waals surface area contributed by atoms with Gasteiger partial charge in [-0.25, -0.2) is 0 Å². The molecule has 0 radical (unpaired) electrons. The first-order chi connectivity index (χ1) is 14.5. The summed E-state index contributed by atoms with van der Waals surface area (Å²) in [6.07, 6.45) is 2.88.